The van der Waals surface area contributed by atoms with E-state index >= 15 is 0 Å². The third kappa shape index (κ3) is 3.90. The lowest BCUT2D eigenvalue weighted by Gasteiger charge is -2.14. The number of ether oxygens (including phenoxy) is 1. The van der Waals surface area contributed by atoms with Gasteiger partial charge in [-0.2, -0.15) is 5.10 Å². The number of nitrogens with one attached hydrogen (secondary N) is 1. The van der Waals surface area contributed by atoms with Crippen molar-refractivity contribution in [2.45, 2.75) is 26.5 Å². The highest BCUT2D eigenvalue weighted by Gasteiger charge is 2.23. The summed E-state index contributed by atoms with van der Waals surface area (Å²) in [7, 11) is 0. The van der Waals surface area contributed by atoms with E-state index in [1.54, 1.807) is 31.2 Å². The van der Waals surface area contributed by atoms with Crippen LogP contribution in [0, 0.1) is 5.82 Å². The molecular weight excluding hydrogens is 365 g/mol. The molecule has 2 aromatic carbocycles. The summed E-state index contributed by atoms with van der Waals surface area (Å²) in [4.78, 5) is 37.2. The molecule has 1 aromatic heterocycles. The van der Waals surface area contributed by atoms with Crippen LogP contribution in [0.5, 0.6) is 0 Å². The Balaban J connectivity index is 1.82. The zero-order valence-electron chi connectivity index (χ0n) is 15.3. The first-order valence-electron chi connectivity index (χ1n) is 8.68. The quantitative estimate of drug-likeness (QED) is 0.684. The van der Waals surface area contributed by atoms with Crippen molar-refractivity contribution in [2.24, 2.45) is 0 Å². The van der Waals surface area contributed by atoms with Gasteiger partial charge in [0.05, 0.1) is 5.39 Å². The van der Waals surface area contributed by atoms with E-state index in [2.05, 4.69) is 10.4 Å². The second kappa shape index (κ2) is 7.99. The fraction of sp³-hybridized carbons (Fsp3) is 0.200. The van der Waals surface area contributed by atoms with Gasteiger partial charge in [-0.3, -0.25) is 9.59 Å². The first kappa shape index (κ1) is 19.2. The summed E-state index contributed by atoms with van der Waals surface area (Å²) in [6, 6.07) is 11.8. The number of benzene rings is 2. The summed E-state index contributed by atoms with van der Waals surface area (Å²) in [6.45, 7) is 3.43. The van der Waals surface area contributed by atoms with E-state index < -0.39 is 23.8 Å². The van der Waals surface area contributed by atoms with Crippen molar-refractivity contribution in [2.75, 3.05) is 5.32 Å². The van der Waals surface area contributed by atoms with Crippen LogP contribution in [0.2, 0.25) is 0 Å². The Morgan fingerprint density at radius 1 is 1.14 bits per heavy atom. The Labute approximate surface area is 159 Å². The van der Waals surface area contributed by atoms with Crippen LogP contribution in [-0.4, -0.2) is 27.8 Å². The fourth-order valence-corrected chi connectivity index (χ4v) is 2.65. The fourth-order valence-electron chi connectivity index (χ4n) is 2.65. The molecule has 7 nitrogen and oxygen atoms in total. The average Bonchev–Trinajstić information content (AvgIpc) is 2.70. The van der Waals surface area contributed by atoms with Crippen molar-refractivity contribution in [3.8, 4) is 0 Å². The van der Waals surface area contributed by atoms with Gasteiger partial charge in [0.1, 0.15) is 5.82 Å². The molecule has 144 valence electrons. The van der Waals surface area contributed by atoms with Gasteiger partial charge in [0.15, 0.2) is 11.8 Å². The number of aryl methyl sites for hydroxylation is 1. The van der Waals surface area contributed by atoms with Crippen molar-refractivity contribution < 1.29 is 18.7 Å². The van der Waals surface area contributed by atoms with Crippen molar-refractivity contribution >= 4 is 28.3 Å². The van der Waals surface area contributed by atoms with Crippen LogP contribution < -0.4 is 10.9 Å². The predicted octanol–water partition coefficient (Wildman–Crippen LogP) is 2.74. The summed E-state index contributed by atoms with van der Waals surface area (Å²) in [5.41, 5.74) is 0.0210. The maximum Gasteiger partial charge on any atom is 0.360 e. The molecule has 0 saturated carbocycles. The molecule has 1 amide bonds. The van der Waals surface area contributed by atoms with Crippen LogP contribution >= 0.6 is 0 Å². The number of halogens is 1. The Kier molecular flexibility index (Phi) is 5.49. The zero-order chi connectivity index (χ0) is 20.3. The van der Waals surface area contributed by atoms with E-state index in [1.165, 1.54) is 35.9 Å². The summed E-state index contributed by atoms with van der Waals surface area (Å²) in [5, 5.41) is 7.31. The molecule has 0 radical (unpaired) electrons. The molecule has 0 aliphatic rings. The topological polar surface area (TPSA) is 90.3 Å². The van der Waals surface area contributed by atoms with E-state index in [9.17, 15) is 18.8 Å². The van der Waals surface area contributed by atoms with Gasteiger partial charge in [0.2, 0.25) is 0 Å². The number of anilines is 1. The second-order valence-corrected chi connectivity index (χ2v) is 6.06. The van der Waals surface area contributed by atoms with Gasteiger partial charge in [-0.15, -0.1) is 0 Å². The largest absolute Gasteiger partial charge is 0.448 e. The number of amides is 1. The summed E-state index contributed by atoms with van der Waals surface area (Å²) in [5.74, 6) is -1.82. The third-order valence-corrected chi connectivity index (χ3v) is 4.13. The number of esters is 1. The molecule has 8 heteroatoms. The number of nitrogens with zero attached hydrogens (tertiary/aromatic N) is 2. The van der Waals surface area contributed by atoms with E-state index in [0.29, 0.717) is 16.5 Å². The molecule has 0 unspecified atom stereocenters. The van der Waals surface area contributed by atoms with Gasteiger partial charge in [-0.1, -0.05) is 18.2 Å². The van der Waals surface area contributed by atoms with Gasteiger partial charge >= 0.3 is 5.97 Å². The summed E-state index contributed by atoms with van der Waals surface area (Å²) in [6.07, 6.45) is -1.12. The molecule has 28 heavy (non-hydrogen) atoms. The number of hydrogen-bond acceptors (Lipinski definition) is 5. The lowest BCUT2D eigenvalue weighted by Crippen LogP contribution is -2.31. The number of rotatable bonds is 5. The first-order chi connectivity index (χ1) is 13.4. The molecule has 0 spiro atoms. The smallest absolute Gasteiger partial charge is 0.360 e. The average molecular weight is 383 g/mol. The minimum absolute atomic E-state index is 0.0431. The Hall–Kier alpha value is -3.55. The van der Waals surface area contributed by atoms with Crippen LogP contribution in [-0.2, 0) is 16.1 Å². The highest BCUT2D eigenvalue weighted by molar-refractivity contribution is 6.03. The molecule has 0 aliphatic carbocycles. The molecule has 3 rings (SSSR count). The third-order valence-electron chi connectivity index (χ3n) is 4.13. The Morgan fingerprint density at radius 2 is 1.79 bits per heavy atom. The lowest BCUT2D eigenvalue weighted by atomic mass is 10.1. The van der Waals surface area contributed by atoms with Crippen molar-refractivity contribution in [1.29, 1.82) is 0 Å². The number of hydrogen-bond donors (Lipinski definition) is 1. The van der Waals surface area contributed by atoms with Crippen LogP contribution in [0.25, 0.3) is 10.8 Å². The predicted molar refractivity (Wildman–Crippen MR) is 102 cm³/mol. The number of carbonyl (C=O) groups is 2. The van der Waals surface area contributed by atoms with Crippen LogP contribution in [0.4, 0.5) is 10.1 Å². The molecule has 0 aliphatic heterocycles. The van der Waals surface area contributed by atoms with E-state index in [4.69, 9.17) is 4.74 Å². The molecule has 3 aromatic rings. The van der Waals surface area contributed by atoms with Crippen LogP contribution in [0.1, 0.15) is 24.3 Å². The van der Waals surface area contributed by atoms with Gasteiger partial charge in [0.25, 0.3) is 11.5 Å². The van der Waals surface area contributed by atoms with Crippen molar-refractivity contribution in [1.82, 2.24) is 9.78 Å². The van der Waals surface area contributed by atoms with E-state index in [0.717, 1.165) is 0 Å². The maximum absolute atomic E-state index is 12.9. The van der Waals surface area contributed by atoms with E-state index in [-0.39, 0.29) is 17.8 Å². The summed E-state index contributed by atoms with van der Waals surface area (Å²) >= 11 is 0. The van der Waals surface area contributed by atoms with Crippen LogP contribution in [0.15, 0.2) is 53.3 Å². The minimum atomic E-state index is -1.12. The first-order valence-corrected chi connectivity index (χ1v) is 8.68. The van der Waals surface area contributed by atoms with Crippen molar-refractivity contribution in [3.63, 3.8) is 0 Å². The lowest BCUT2D eigenvalue weighted by molar-refractivity contribution is -0.123. The molecule has 1 heterocycles. The number of aromatic nitrogens is 2. The monoisotopic (exact) mass is 383 g/mol. The standard InChI is InChI=1S/C20H18FN3O4/c1-3-24-19(26)16-7-5-4-6-15(16)17(23-24)20(27)28-12(2)18(25)22-14-10-8-13(21)9-11-14/h4-12H,3H2,1-2H3,(H,22,25)/t12-/m1/s1. The number of carbonyl (C=O) groups excluding carboxylic acids is 2. The molecule has 0 saturated heterocycles. The van der Waals surface area contributed by atoms with Gasteiger partial charge in [-0.05, 0) is 44.2 Å². The van der Waals surface area contributed by atoms with Gasteiger partial charge in [-0.25, -0.2) is 13.9 Å². The molecule has 1 N–H and O–H groups in total. The molecule has 0 bridgehead atoms. The van der Waals surface area contributed by atoms with Gasteiger partial charge in [0, 0.05) is 17.6 Å². The highest BCUT2D eigenvalue weighted by atomic mass is 19.1. The molecular formula is C20H18FN3O4. The van der Waals surface area contributed by atoms with Crippen LogP contribution in [0.3, 0.4) is 0 Å². The van der Waals surface area contributed by atoms with Gasteiger partial charge < -0.3 is 10.1 Å². The summed E-state index contributed by atoms with van der Waals surface area (Å²) < 4.78 is 19.4. The zero-order valence-corrected chi connectivity index (χ0v) is 15.3. The molecule has 0 fully saturated rings. The molecule has 1 atom stereocenters. The second-order valence-electron chi connectivity index (χ2n) is 6.06. The Morgan fingerprint density at radius 3 is 2.43 bits per heavy atom. The maximum atomic E-state index is 12.9. The van der Waals surface area contributed by atoms with Crippen molar-refractivity contribution in [3.05, 3.63) is 70.4 Å². The number of fused-ring (bicyclic) bond motifs is 1. The highest BCUT2D eigenvalue weighted by Crippen LogP contribution is 2.16. The normalized spacial score (nSPS) is 11.8. The minimum Gasteiger partial charge on any atom is -0.448 e. The SMILES string of the molecule is CCn1nc(C(=O)O[C@H](C)C(=O)Nc2ccc(F)cc2)c2ccccc2c1=O. The van der Waals surface area contributed by atoms with E-state index in [1.807, 2.05) is 0 Å². The Bertz CT molecular complexity index is 1090.